The maximum absolute atomic E-state index is 12.0. The van der Waals surface area contributed by atoms with Crippen LogP contribution in [0.2, 0.25) is 0 Å². The van der Waals surface area contributed by atoms with E-state index in [-0.39, 0.29) is 17.7 Å². The molecule has 5 nitrogen and oxygen atoms in total. The summed E-state index contributed by atoms with van der Waals surface area (Å²) in [5, 5.41) is 3.34. The first-order chi connectivity index (χ1) is 9.72. The van der Waals surface area contributed by atoms with Crippen LogP contribution >= 0.6 is 0 Å². The highest BCUT2D eigenvalue weighted by atomic mass is 16.5. The van der Waals surface area contributed by atoms with E-state index in [0.717, 1.165) is 34.3 Å². The molecule has 1 saturated heterocycles. The average Bonchev–Trinajstić information content (AvgIpc) is 3.02. The predicted molar refractivity (Wildman–Crippen MR) is 70.5 cm³/mol. The second-order valence-corrected chi connectivity index (χ2v) is 5.25. The van der Waals surface area contributed by atoms with E-state index in [1.165, 1.54) is 0 Å². The van der Waals surface area contributed by atoms with E-state index in [2.05, 4.69) is 5.32 Å². The molecule has 0 spiro atoms. The largest absolute Gasteiger partial charge is 0.493 e. The molecule has 1 aromatic heterocycles. The number of hydrogen-bond acceptors (Lipinski definition) is 4. The molecule has 0 radical (unpaired) electrons. The number of ether oxygens (including phenoxy) is 1. The highest BCUT2D eigenvalue weighted by Gasteiger charge is 2.31. The highest BCUT2D eigenvalue weighted by molar-refractivity contribution is 6.02. The Morgan fingerprint density at radius 2 is 2.10 bits per heavy atom. The first-order valence-corrected chi connectivity index (χ1v) is 6.73. The maximum Gasteiger partial charge on any atom is 0.234 e. The monoisotopic (exact) mass is 271 g/mol. The van der Waals surface area contributed by atoms with Crippen molar-refractivity contribution in [3.63, 3.8) is 0 Å². The van der Waals surface area contributed by atoms with E-state index in [0.29, 0.717) is 19.4 Å². The van der Waals surface area contributed by atoms with Crippen molar-refractivity contribution >= 4 is 22.8 Å². The van der Waals surface area contributed by atoms with Crippen molar-refractivity contribution in [2.45, 2.75) is 25.2 Å². The van der Waals surface area contributed by atoms with Crippen molar-refractivity contribution in [3.8, 4) is 5.75 Å². The third-order valence-corrected chi connectivity index (χ3v) is 4.03. The SMILES string of the molecule is O=C1CC[C@H](c2coc3cc4c(cc23)CCO4)C(=O)N1. The van der Waals surface area contributed by atoms with Gasteiger partial charge in [0, 0.05) is 29.9 Å². The highest BCUT2D eigenvalue weighted by Crippen LogP contribution is 2.37. The molecule has 20 heavy (non-hydrogen) atoms. The van der Waals surface area contributed by atoms with Crippen molar-refractivity contribution in [2.24, 2.45) is 0 Å². The molecule has 3 heterocycles. The van der Waals surface area contributed by atoms with Crippen LogP contribution in [0.1, 0.15) is 29.9 Å². The smallest absolute Gasteiger partial charge is 0.234 e. The zero-order chi connectivity index (χ0) is 13.7. The van der Waals surface area contributed by atoms with Crippen molar-refractivity contribution in [1.29, 1.82) is 0 Å². The van der Waals surface area contributed by atoms with Gasteiger partial charge in [0.1, 0.15) is 11.3 Å². The summed E-state index contributed by atoms with van der Waals surface area (Å²) in [6, 6.07) is 3.92. The molecule has 0 aliphatic carbocycles. The standard InChI is InChI=1S/C15H13NO4/c17-14-2-1-9(15(18)16-14)11-7-20-13-6-12-8(3-4-19-12)5-10(11)13/h5-7,9H,1-4H2,(H,16,17,18)/t9-/m1/s1. The number of carbonyl (C=O) groups excluding carboxylic acids is 2. The molecule has 1 fully saturated rings. The number of imide groups is 1. The Labute approximate surface area is 114 Å². The van der Waals surface area contributed by atoms with Gasteiger partial charge in [-0.15, -0.1) is 0 Å². The lowest BCUT2D eigenvalue weighted by Crippen LogP contribution is -2.39. The summed E-state index contributed by atoms with van der Waals surface area (Å²) in [4.78, 5) is 23.2. The summed E-state index contributed by atoms with van der Waals surface area (Å²) in [7, 11) is 0. The van der Waals surface area contributed by atoms with Crippen LogP contribution < -0.4 is 10.1 Å². The molecule has 0 saturated carbocycles. The maximum atomic E-state index is 12.0. The van der Waals surface area contributed by atoms with Crippen LogP contribution in [0.4, 0.5) is 0 Å². The average molecular weight is 271 g/mol. The van der Waals surface area contributed by atoms with Crippen molar-refractivity contribution in [2.75, 3.05) is 6.61 Å². The minimum Gasteiger partial charge on any atom is -0.493 e. The van der Waals surface area contributed by atoms with E-state index in [9.17, 15) is 9.59 Å². The van der Waals surface area contributed by atoms with E-state index < -0.39 is 0 Å². The summed E-state index contributed by atoms with van der Waals surface area (Å²) in [6.07, 6.45) is 3.41. The van der Waals surface area contributed by atoms with Crippen LogP contribution in [0.25, 0.3) is 11.0 Å². The van der Waals surface area contributed by atoms with Crippen LogP contribution in [-0.4, -0.2) is 18.4 Å². The van der Waals surface area contributed by atoms with Gasteiger partial charge in [-0.2, -0.15) is 0 Å². The van der Waals surface area contributed by atoms with Gasteiger partial charge in [-0.25, -0.2) is 0 Å². The minimum atomic E-state index is -0.311. The molecule has 1 N–H and O–H groups in total. The third-order valence-electron chi connectivity index (χ3n) is 4.03. The van der Waals surface area contributed by atoms with E-state index in [4.69, 9.17) is 9.15 Å². The summed E-state index contributed by atoms with van der Waals surface area (Å²) in [5.74, 6) is 0.116. The van der Waals surface area contributed by atoms with Gasteiger partial charge in [0.15, 0.2) is 0 Å². The summed E-state index contributed by atoms with van der Waals surface area (Å²) >= 11 is 0. The third kappa shape index (κ3) is 1.62. The van der Waals surface area contributed by atoms with Crippen molar-refractivity contribution in [3.05, 3.63) is 29.5 Å². The van der Waals surface area contributed by atoms with Crippen LogP contribution in [0.3, 0.4) is 0 Å². The Hall–Kier alpha value is -2.30. The first kappa shape index (κ1) is 11.5. The summed E-state index contributed by atoms with van der Waals surface area (Å²) in [6.45, 7) is 0.690. The quantitative estimate of drug-likeness (QED) is 0.804. The first-order valence-electron chi connectivity index (χ1n) is 6.73. The molecule has 1 atom stereocenters. The fourth-order valence-electron chi connectivity index (χ4n) is 2.98. The van der Waals surface area contributed by atoms with Crippen molar-refractivity contribution in [1.82, 2.24) is 5.32 Å². The lowest BCUT2D eigenvalue weighted by molar-refractivity contribution is -0.134. The topological polar surface area (TPSA) is 68.5 Å². The summed E-state index contributed by atoms with van der Waals surface area (Å²) in [5.41, 5.74) is 2.73. The number of hydrogen-bond donors (Lipinski definition) is 1. The van der Waals surface area contributed by atoms with Gasteiger partial charge in [0.25, 0.3) is 0 Å². The van der Waals surface area contributed by atoms with Gasteiger partial charge in [0.05, 0.1) is 18.8 Å². The van der Waals surface area contributed by atoms with E-state index in [1.54, 1.807) is 6.26 Å². The lowest BCUT2D eigenvalue weighted by atomic mass is 9.90. The van der Waals surface area contributed by atoms with E-state index in [1.807, 2.05) is 12.1 Å². The second kappa shape index (κ2) is 4.10. The number of benzene rings is 1. The van der Waals surface area contributed by atoms with Crippen LogP contribution in [0.15, 0.2) is 22.8 Å². The molecule has 1 aromatic carbocycles. The number of carbonyl (C=O) groups is 2. The Bertz CT molecular complexity index is 731. The number of piperidine rings is 1. The fraction of sp³-hybridized carbons (Fsp3) is 0.333. The number of furan rings is 1. The lowest BCUT2D eigenvalue weighted by Gasteiger charge is -2.19. The Kier molecular flexibility index (Phi) is 2.36. The molecule has 4 rings (SSSR count). The number of nitrogens with one attached hydrogen (secondary N) is 1. The van der Waals surface area contributed by atoms with Gasteiger partial charge in [-0.1, -0.05) is 0 Å². The molecular weight excluding hydrogens is 258 g/mol. The van der Waals surface area contributed by atoms with Crippen LogP contribution in [-0.2, 0) is 16.0 Å². The Balaban J connectivity index is 1.80. The second-order valence-electron chi connectivity index (χ2n) is 5.25. The predicted octanol–water partition coefficient (Wildman–Crippen LogP) is 1.89. The fourth-order valence-corrected chi connectivity index (χ4v) is 2.98. The van der Waals surface area contributed by atoms with E-state index >= 15 is 0 Å². The molecule has 0 unspecified atom stereocenters. The molecule has 2 amide bonds. The van der Waals surface area contributed by atoms with Gasteiger partial charge in [-0.3, -0.25) is 14.9 Å². The Morgan fingerprint density at radius 1 is 1.20 bits per heavy atom. The molecule has 0 bridgehead atoms. The van der Waals surface area contributed by atoms with Crippen LogP contribution in [0.5, 0.6) is 5.75 Å². The van der Waals surface area contributed by atoms with Crippen molar-refractivity contribution < 1.29 is 18.7 Å². The number of rotatable bonds is 1. The number of fused-ring (bicyclic) bond motifs is 2. The Morgan fingerprint density at radius 3 is 2.95 bits per heavy atom. The van der Waals surface area contributed by atoms with Gasteiger partial charge in [0.2, 0.25) is 11.8 Å². The molecular formula is C15H13NO4. The normalized spacial score (nSPS) is 21.7. The van der Waals surface area contributed by atoms with Gasteiger partial charge >= 0.3 is 0 Å². The van der Waals surface area contributed by atoms with Gasteiger partial charge in [-0.05, 0) is 18.1 Å². The molecule has 2 aliphatic rings. The molecule has 102 valence electrons. The molecule has 2 aliphatic heterocycles. The molecule has 5 heteroatoms. The molecule has 2 aromatic rings. The zero-order valence-corrected chi connectivity index (χ0v) is 10.8. The van der Waals surface area contributed by atoms with Gasteiger partial charge < -0.3 is 9.15 Å². The number of amides is 2. The minimum absolute atomic E-state index is 0.201. The summed E-state index contributed by atoms with van der Waals surface area (Å²) < 4.78 is 11.1. The zero-order valence-electron chi connectivity index (χ0n) is 10.8. The van der Waals surface area contributed by atoms with Crippen LogP contribution in [0, 0.1) is 0 Å².